The Morgan fingerprint density at radius 1 is 1.40 bits per heavy atom. The van der Waals surface area contributed by atoms with Gasteiger partial charge in [-0.1, -0.05) is 20.8 Å². The fraction of sp³-hybridized carbons (Fsp3) is 1.00. The van der Waals surface area contributed by atoms with Crippen molar-refractivity contribution in [2.24, 2.45) is 5.41 Å². The molecule has 0 saturated heterocycles. The van der Waals surface area contributed by atoms with Crippen molar-refractivity contribution >= 4 is 0 Å². The second-order valence-corrected chi connectivity index (χ2v) is 5.99. The Balaban J connectivity index is 2.25. The molecule has 1 N–H and O–H groups in total. The highest BCUT2D eigenvalue weighted by Crippen LogP contribution is 2.22. The normalized spacial score (nSPS) is 19.6. The molecule has 90 valence electrons. The first-order valence-electron chi connectivity index (χ1n) is 6.38. The van der Waals surface area contributed by atoms with Gasteiger partial charge in [0.1, 0.15) is 0 Å². The number of nitrogens with one attached hydrogen (secondary N) is 1. The lowest BCUT2D eigenvalue weighted by molar-refractivity contribution is 0.162. The molecule has 1 atom stereocenters. The number of hydrogen-bond donors (Lipinski definition) is 1. The Morgan fingerprint density at radius 3 is 2.47 bits per heavy atom. The second kappa shape index (κ2) is 5.31. The van der Waals surface area contributed by atoms with E-state index in [0.29, 0.717) is 11.5 Å². The standard InChI is InChI=1S/C13H28N2/c1-6-11(2)15(5)10-13(3,4)9-14-12-7-8-12/h11-12,14H,6-10H2,1-5H3. The first-order chi connectivity index (χ1) is 6.94. The third kappa shape index (κ3) is 4.98. The molecule has 0 amide bonds. The molecule has 0 bridgehead atoms. The molecular weight excluding hydrogens is 184 g/mol. The van der Waals surface area contributed by atoms with Crippen LogP contribution in [-0.4, -0.2) is 37.1 Å². The molecule has 0 aromatic carbocycles. The summed E-state index contributed by atoms with van der Waals surface area (Å²) in [6.07, 6.45) is 4.01. The zero-order chi connectivity index (χ0) is 11.5. The van der Waals surface area contributed by atoms with E-state index in [9.17, 15) is 0 Å². The van der Waals surface area contributed by atoms with Gasteiger partial charge in [0.2, 0.25) is 0 Å². The molecule has 0 aliphatic heterocycles. The van der Waals surface area contributed by atoms with Gasteiger partial charge >= 0.3 is 0 Å². The number of nitrogens with zero attached hydrogens (tertiary/aromatic N) is 1. The van der Waals surface area contributed by atoms with Crippen LogP contribution in [0.3, 0.4) is 0 Å². The molecule has 2 heteroatoms. The molecule has 1 aliphatic rings. The predicted octanol–water partition coefficient (Wildman–Crippen LogP) is 2.49. The van der Waals surface area contributed by atoms with E-state index in [-0.39, 0.29) is 0 Å². The summed E-state index contributed by atoms with van der Waals surface area (Å²) in [6, 6.07) is 1.53. The van der Waals surface area contributed by atoms with Gasteiger partial charge in [0.15, 0.2) is 0 Å². The highest BCUT2D eigenvalue weighted by molar-refractivity contribution is 4.85. The van der Waals surface area contributed by atoms with E-state index in [1.165, 1.54) is 25.8 Å². The summed E-state index contributed by atoms with van der Waals surface area (Å²) in [5.74, 6) is 0. The van der Waals surface area contributed by atoms with E-state index in [1.54, 1.807) is 0 Å². The van der Waals surface area contributed by atoms with Crippen LogP contribution in [0.5, 0.6) is 0 Å². The lowest BCUT2D eigenvalue weighted by Gasteiger charge is -2.33. The maximum atomic E-state index is 3.63. The van der Waals surface area contributed by atoms with Gasteiger partial charge in [0.05, 0.1) is 0 Å². The fourth-order valence-corrected chi connectivity index (χ4v) is 1.91. The van der Waals surface area contributed by atoms with E-state index < -0.39 is 0 Å². The van der Waals surface area contributed by atoms with Crippen LogP contribution < -0.4 is 5.32 Å². The van der Waals surface area contributed by atoms with Crippen molar-refractivity contribution in [1.82, 2.24) is 10.2 Å². The first-order valence-corrected chi connectivity index (χ1v) is 6.38. The van der Waals surface area contributed by atoms with E-state index in [0.717, 1.165) is 12.6 Å². The van der Waals surface area contributed by atoms with E-state index in [2.05, 4.69) is 45.0 Å². The maximum absolute atomic E-state index is 3.63. The minimum atomic E-state index is 0.390. The van der Waals surface area contributed by atoms with Gasteiger partial charge in [-0.15, -0.1) is 0 Å². The monoisotopic (exact) mass is 212 g/mol. The Hall–Kier alpha value is -0.0800. The molecule has 0 heterocycles. The van der Waals surface area contributed by atoms with Gasteiger partial charge in [-0.3, -0.25) is 0 Å². The maximum Gasteiger partial charge on any atom is 0.00684 e. The number of hydrogen-bond acceptors (Lipinski definition) is 2. The lowest BCUT2D eigenvalue weighted by atomic mass is 9.92. The Bertz CT molecular complexity index is 185. The largest absolute Gasteiger partial charge is 0.313 e. The Morgan fingerprint density at radius 2 is 2.00 bits per heavy atom. The lowest BCUT2D eigenvalue weighted by Crippen LogP contribution is -2.42. The van der Waals surface area contributed by atoms with Crippen molar-refractivity contribution in [3.8, 4) is 0 Å². The summed E-state index contributed by atoms with van der Waals surface area (Å²) in [5, 5.41) is 3.63. The molecule has 15 heavy (non-hydrogen) atoms. The zero-order valence-electron chi connectivity index (χ0n) is 11.1. The van der Waals surface area contributed by atoms with Gasteiger partial charge in [0, 0.05) is 25.2 Å². The summed E-state index contributed by atoms with van der Waals surface area (Å²) in [7, 11) is 2.24. The van der Waals surface area contributed by atoms with E-state index in [4.69, 9.17) is 0 Å². The van der Waals surface area contributed by atoms with Gasteiger partial charge in [-0.05, 0) is 38.6 Å². The molecule has 1 unspecified atom stereocenters. The average Bonchev–Trinajstić information content (AvgIpc) is 2.96. The van der Waals surface area contributed by atoms with Crippen molar-refractivity contribution in [2.75, 3.05) is 20.1 Å². The third-order valence-electron chi connectivity index (χ3n) is 3.47. The molecule has 0 aromatic heterocycles. The highest BCUT2D eigenvalue weighted by Gasteiger charge is 2.26. The third-order valence-corrected chi connectivity index (χ3v) is 3.47. The SMILES string of the molecule is CCC(C)N(C)CC(C)(C)CNC1CC1. The zero-order valence-corrected chi connectivity index (χ0v) is 11.1. The van der Waals surface area contributed by atoms with Crippen molar-refractivity contribution < 1.29 is 0 Å². The Kier molecular flexibility index (Phi) is 4.60. The van der Waals surface area contributed by atoms with Crippen molar-refractivity contribution in [2.45, 2.75) is 59.0 Å². The molecule has 0 aromatic rings. The van der Waals surface area contributed by atoms with Gasteiger partial charge in [0.25, 0.3) is 0 Å². The molecule has 1 saturated carbocycles. The van der Waals surface area contributed by atoms with E-state index in [1.807, 2.05) is 0 Å². The van der Waals surface area contributed by atoms with Crippen LogP contribution in [0, 0.1) is 5.41 Å². The van der Waals surface area contributed by atoms with Crippen molar-refractivity contribution in [3.63, 3.8) is 0 Å². The molecular formula is C13H28N2. The number of rotatable bonds is 7. The van der Waals surface area contributed by atoms with Crippen LogP contribution in [0.15, 0.2) is 0 Å². The topological polar surface area (TPSA) is 15.3 Å². The van der Waals surface area contributed by atoms with Crippen molar-refractivity contribution in [3.05, 3.63) is 0 Å². The summed E-state index contributed by atoms with van der Waals surface area (Å²) in [6.45, 7) is 11.6. The predicted molar refractivity (Wildman–Crippen MR) is 67.2 cm³/mol. The average molecular weight is 212 g/mol. The van der Waals surface area contributed by atoms with Crippen LogP contribution in [-0.2, 0) is 0 Å². The van der Waals surface area contributed by atoms with Gasteiger partial charge in [-0.25, -0.2) is 0 Å². The summed E-state index contributed by atoms with van der Waals surface area (Å²) >= 11 is 0. The molecule has 1 rings (SSSR count). The highest BCUT2D eigenvalue weighted by atomic mass is 15.1. The van der Waals surface area contributed by atoms with Crippen LogP contribution >= 0.6 is 0 Å². The molecule has 0 radical (unpaired) electrons. The molecule has 1 fully saturated rings. The summed E-state index contributed by atoms with van der Waals surface area (Å²) < 4.78 is 0. The van der Waals surface area contributed by atoms with Gasteiger partial charge < -0.3 is 10.2 Å². The fourth-order valence-electron chi connectivity index (χ4n) is 1.91. The van der Waals surface area contributed by atoms with Crippen LogP contribution in [0.4, 0.5) is 0 Å². The van der Waals surface area contributed by atoms with E-state index >= 15 is 0 Å². The Labute approximate surface area is 95.4 Å². The molecule has 1 aliphatic carbocycles. The summed E-state index contributed by atoms with van der Waals surface area (Å²) in [4.78, 5) is 2.48. The van der Waals surface area contributed by atoms with Crippen LogP contribution in [0.1, 0.15) is 47.0 Å². The molecule has 2 nitrogen and oxygen atoms in total. The van der Waals surface area contributed by atoms with Gasteiger partial charge in [-0.2, -0.15) is 0 Å². The van der Waals surface area contributed by atoms with Crippen LogP contribution in [0.2, 0.25) is 0 Å². The van der Waals surface area contributed by atoms with Crippen LogP contribution in [0.25, 0.3) is 0 Å². The van der Waals surface area contributed by atoms with Crippen molar-refractivity contribution in [1.29, 1.82) is 0 Å². The minimum absolute atomic E-state index is 0.390. The first kappa shape index (κ1) is 13.0. The smallest absolute Gasteiger partial charge is 0.00684 e. The quantitative estimate of drug-likeness (QED) is 0.697. The summed E-state index contributed by atoms with van der Waals surface area (Å²) in [5.41, 5.74) is 0.390. The molecule has 0 spiro atoms. The minimum Gasteiger partial charge on any atom is -0.313 e. The second-order valence-electron chi connectivity index (χ2n) is 5.99.